The maximum atomic E-state index is 13.7. The van der Waals surface area contributed by atoms with E-state index in [1.165, 1.54) is 93.8 Å². The van der Waals surface area contributed by atoms with Crippen LogP contribution in [0.3, 0.4) is 0 Å². The van der Waals surface area contributed by atoms with E-state index >= 15 is 0 Å². The molecule has 0 unspecified atom stereocenters. The minimum absolute atomic E-state index is 0.0989. The van der Waals surface area contributed by atoms with Gasteiger partial charge in [0.1, 0.15) is 10.7 Å². The van der Waals surface area contributed by atoms with Crippen LogP contribution in [0.25, 0.3) is 0 Å². The zero-order valence-electron chi connectivity index (χ0n) is 25.7. The third-order valence-electron chi connectivity index (χ3n) is 7.94. The summed E-state index contributed by atoms with van der Waals surface area (Å²) in [5.41, 5.74) is 1.74. The Hall–Kier alpha value is -2.38. The van der Waals surface area contributed by atoms with Crippen LogP contribution in [0, 0.1) is 6.92 Å². The van der Waals surface area contributed by atoms with Gasteiger partial charge in [-0.2, -0.15) is 0 Å². The van der Waals surface area contributed by atoms with E-state index in [4.69, 9.17) is 11.6 Å². The number of unbranched alkanes of at least 4 members (excludes halogenated alkanes) is 15. The molecule has 0 saturated carbocycles. The summed E-state index contributed by atoms with van der Waals surface area (Å²) in [7, 11) is -3.87. The van der Waals surface area contributed by atoms with Crippen molar-refractivity contribution in [1.29, 1.82) is 0 Å². The number of aryl methyl sites for hydroxylation is 1. The number of aliphatic imine (C=N–C) groups is 1. The molecule has 0 bridgehead atoms. The lowest BCUT2D eigenvalue weighted by Crippen LogP contribution is -2.41. The first kappa shape index (κ1) is 34.1. The molecule has 0 spiro atoms. The zero-order chi connectivity index (χ0) is 30.2. The number of nitrogens with zero attached hydrogens (tertiary/aromatic N) is 2. The monoisotopic (exact) mass is 615 g/mol. The molecule has 1 aliphatic heterocycles. The van der Waals surface area contributed by atoms with E-state index < -0.39 is 10.0 Å². The number of nitrogens with one attached hydrogen (secondary N) is 1. The Balaban J connectivity index is 1.43. The predicted molar refractivity (Wildman–Crippen MR) is 176 cm³/mol. The molecule has 1 heterocycles. The van der Waals surface area contributed by atoms with Gasteiger partial charge in [0.15, 0.2) is 0 Å². The summed E-state index contributed by atoms with van der Waals surface area (Å²) in [5.74, 6) is -0.0557. The third-order valence-corrected chi connectivity index (χ3v) is 10.2. The number of amidine groups is 1. The lowest BCUT2D eigenvalue weighted by Gasteiger charge is -2.30. The summed E-state index contributed by atoms with van der Waals surface area (Å²) in [4.78, 5) is 17.6. The van der Waals surface area contributed by atoms with Gasteiger partial charge in [-0.1, -0.05) is 133 Å². The number of hydrogen-bond donors (Lipinski definition) is 1. The number of carbonyl (C=O) groups is 1. The Morgan fingerprint density at radius 2 is 1.33 bits per heavy atom. The number of carbonyl (C=O) groups excluding carboxylic acids is 1. The topological polar surface area (TPSA) is 78.8 Å². The van der Waals surface area contributed by atoms with Crippen LogP contribution in [0.4, 0.5) is 11.4 Å². The van der Waals surface area contributed by atoms with Crippen LogP contribution in [0.1, 0.15) is 122 Å². The molecule has 2 aromatic carbocycles. The molecule has 1 N–H and O–H groups in total. The summed E-state index contributed by atoms with van der Waals surface area (Å²) in [6.45, 7) is 4.37. The second-order valence-electron chi connectivity index (χ2n) is 11.6. The van der Waals surface area contributed by atoms with Gasteiger partial charge in [0.2, 0.25) is 5.91 Å². The van der Waals surface area contributed by atoms with E-state index in [1.807, 2.05) is 25.1 Å². The van der Waals surface area contributed by atoms with Crippen molar-refractivity contribution >= 4 is 44.7 Å². The van der Waals surface area contributed by atoms with Crippen LogP contribution < -0.4 is 5.32 Å². The minimum Gasteiger partial charge on any atom is -0.326 e. The van der Waals surface area contributed by atoms with Crippen LogP contribution in [-0.2, 0) is 14.8 Å². The van der Waals surface area contributed by atoms with Crippen LogP contribution in [0.2, 0.25) is 5.02 Å². The van der Waals surface area contributed by atoms with Gasteiger partial charge < -0.3 is 5.32 Å². The van der Waals surface area contributed by atoms with Crippen molar-refractivity contribution in [1.82, 2.24) is 4.31 Å². The van der Waals surface area contributed by atoms with E-state index in [9.17, 15) is 13.2 Å². The van der Waals surface area contributed by atoms with Gasteiger partial charge in [-0.25, -0.2) is 13.4 Å². The molecule has 232 valence electrons. The van der Waals surface area contributed by atoms with Crippen molar-refractivity contribution in [3.8, 4) is 0 Å². The summed E-state index contributed by atoms with van der Waals surface area (Å²) in [6, 6.07) is 12.3. The molecule has 0 atom stereocenters. The average Bonchev–Trinajstić information content (AvgIpc) is 2.96. The predicted octanol–water partition coefficient (Wildman–Crippen LogP) is 9.97. The van der Waals surface area contributed by atoms with Crippen molar-refractivity contribution < 1.29 is 13.2 Å². The number of halogens is 1. The first-order chi connectivity index (χ1) is 20.3. The smallest absolute Gasteiger partial charge is 0.267 e. The number of hydrogen-bond acceptors (Lipinski definition) is 4. The van der Waals surface area contributed by atoms with E-state index in [1.54, 1.807) is 18.2 Å². The second kappa shape index (κ2) is 18.3. The summed E-state index contributed by atoms with van der Waals surface area (Å²) in [6.07, 6.45) is 19.9. The maximum Gasteiger partial charge on any atom is 0.267 e. The Morgan fingerprint density at radius 3 is 1.88 bits per heavy atom. The quantitative estimate of drug-likeness (QED) is 0.151. The molecule has 2 aromatic rings. The summed E-state index contributed by atoms with van der Waals surface area (Å²) >= 11 is 6.29. The lowest BCUT2D eigenvalue weighted by molar-refractivity contribution is -0.115. The van der Waals surface area contributed by atoms with E-state index in [0.29, 0.717) is 29.4 Å². The number of anilines is 1. The van der Waals surface area contributed by atoms with Gasteiger partial charge in [0.05, 0.1) is 12.1 Å². The fraction of sp³-hybridized carbons (Fsp3) is 0.588. The first-order valence-electron chi connectivity index (χ1n) is 16.1. The fourth-order valence-corrected chi connectivity index (χ4v) is 7.30. The highest BCUT2D eigenvalue weighted by molar-refractivity contribution is 7.90. The van der Waals surface area contributed by atoms with Gasteiger partial charge in [-0.15, -0.1) is 0 Å². The molecule has 0 aliphatic carbocycles. The minimum atomic E-state index is -3.87. The van der Waals surface area contributed by atoms with Gasteiger partial charge >= 0.3 is 0 Å². The Labute approximate surface area is 259 Å². The van der Waals surface area contributed by atoms with Crippen LogP contribution in [0.15, 0.2) is 52.4 Å². The number of para-hydroxylation sites is 1. The van der Waals surface area contributed by atoms with Crippen LogP contribution in [0.5, 0.6) is 0 Å². The number of benzene rings is 2. The highest BCUT2D eigenvalue weighted by Gasteiger charge is 2.35. The highest BCUT2D eigenvalue weighted by Crippen LogP contribution is 2.37. The van der Waals surface area contributed by atoms with Crippen molar-refractivity contribution in [3.63, 3.8) is 0 Å². The molecule has 3 rings (SSSR count). The summed E-state index contributed by atoms with van der Waals surface area (Å²) < 4.78 is 28.6. The van der Waals surface area contributed by atoms with Gasteiger partial charge in [0.25, 0.3) is 10.0 Å². The van der Waals surface area contributed by atoms with Gasteiger partial charge in [-0.3, -0.25) is 9.10 Å². The second-order valence-corrected chi connectivity index (χ2v) is 13.8. The molecule has 0 aromatic heterocycles. The standard InChI is InChI=1S/C34H50ClN3O3S/c1-3-4-5-6-7-8-9-10-11-12-13-14-15-16-17-21-24-38-33(27-34(39)36-29-22-19-18-20-23-29)37-31-25-28(2)30(35)26-32(31)42(38,40)41/h18-20,22-23,25-26H,3-17,21,24,27H2,1-2H3,(H,36,39). The van der Waals surface area contributed by atoms with Crippen molar-refractivity contribution in [2.24, 2.45) is 4.99 Å². The van der Waals surface area contributed by atoms with Crippen LogP contribution >= 0.6 is 11.6 Å². The number of rotatable bonds is 20. The molecule has 0 saturated heterocycles. The fourth-order valence-electron chi connectivity index (χ4n) is 5.44. The van der Waals surface area contributed by atoms with E-state index in [-0.39, 0.29) is 23.1 Å². The van der Waals surface area contributed by atoms with Crippen molar-refractivity contribution in [2.75, 3.05) is 11.9 Å². The van der Waals surface area contributed by atoms with Crippen molar-refractivity contribution in [2.45, 2.75) is 128 Å². The maximum absolute atomic E-state index is 13.7. The van der Waals surface area contributed by atoms with Crippen molar-refractivity contribution in [3.05, 3.63) is 53.1 Å². The number of fused-ring (bicyclic) bond motifs is 1. The Bertz CT molecular complexity index is 1250. The Kier molecular flexibility index (Phi) is 14.9. The largest absolute Gasteiger partial charge is 0.326 e. The van der Waals surface area contributed by atoms with Gasteiger partial charge in [0, 0.05) is 17.3 Å². The van der Waals surface area contributed by atoms with E-state index in [2.05, 4.69) is 17.2 Å². The van der Waals surface area contributed by atoms with Crippen LogP contribution in [-0.4, -0.2) is 31.0 Å². The third kappa shape index (κ3) is 11.0. The highest BCUT2D eigenvalue weighted by atomic mass is 35.5. The number of amides is 1. The Morgan fingerprint density at radius 1 is 0.810 bits per heavy atom. The molecular formula is C34H50ClN3O3S. The molecule has 8 heteroatoms. The zero-order valence-corrected chi connectivity index (χ0v) is 27.2. The lowest BCUT2D eigenvalue weighted by atomic mass is 10.0. The molecular weight excluding hydrogens is 566 g/mol. The average molecular weight is 616 g/mol. The first-order valence-corrected chi connectivity index (χ1v) is 17.9. The summed E-state index contributed by atoms with van der Waals surface area (Å²) in [5, 5.41) is 3.23. The molecule has 0 fully saturated rings. The normalized spacial score (nSPS) is 14.0. The molecule has 1 amide bonds. The molecule has 0 radical (unpaired) electrons. The SMILES string of the molecule is CCCCCCCCCCCCCCCCCCN1C(CC(=O)Nc2ccccc2)=Nc2cc(C)c(Cl)cc2S1(=O)=O. The van der Waals surface area contributed by atoms with Gasteiger partial charge in [-0.05, 0) is 43.2 Å². The molecule has 1 aliphatic rings. The van der Waals surface area contributed by atoms with E-state index in [0.717, 1.165) is 18.4 Å². The molecule has 6 nitrogen and oxygen atoms in total. The number of sulfonamides is 1. The molecule has 42 heavy (non-hydrogen) atoms.